The van der Waals surface area contributed by atoms with Crippen LogP contribution in [0.5, 0.6) is 11.5 Å². The summed E-state index contributed by atoms with van der Waals surface area (Å²) in [7, 11) is 2.42. The highest BCUT2D eigenvalue weighted by atomic mass is 35.5. The van der Waals surface area contributed by atoms with Gasteiger partial charge in [-0.2, -0.15) is 26.3 Å². The zero-order valence-electron chi connectivity index (χ0n) is 23.7. The number of allylic oxidation sites excluding steroid dienone is 2. The van der Waals surface area contributed by atoms with Crippen LogP contribution < -0.4 is 9.64 Å². The van der Waals surface area contributed by atoms with Crippen LogP contribution in [0.25, 0.3) is 0 Å². The molecule has 8 nitrogen and oxygen atoms in total. The summed E-state index contributed by atoms with van der Waals surface area (Å²) in [6, 6.07) is 4.61. The van der Waals surface area contributed by atoms with Crippen molar-refractivity contribution >= 4 is 52.5 Å². The standard InChI is InChI=1S/C30H22Cl2F6N2O6/c1-39-25(44)27(31)11-17-15(22(28(27,32)26(39)45)21-18(41)4-3-5-19(21)46-2)6-7-16-20(17)24(43)40(23(16)42)14-9-12(29(33,34)35)8-13(10-14)30(36,37)38/h3-6,8-10,16-17,20,22,41H,7,11H2,1-2H3. The molecule has 2 aliphatic heterocycles. The Balaban J connectivity index is 1.53. The zero-order valence-corrected chi connectivity index (χ0v) is 25.2. The fraction of sp³-hybridized carbons (Fsp3) is 0.400. The monoisotopic (exact) mass is 690 g/mol. The third-order valence-corrected chi connectivity index (χ3v) is 10.8. The number of phenols is 1. The third-order valence-electron chi connectivity index (χ3n) is 9.40. The number of ether oxygens (including phenoxy) is 1. The van der Waals surface area contributed by atoms with Gasteiger partial charge in [-0.1, -0.05) is 17.7 Å². The van der Waals surface area contributed by atoms with Gasteiger partial charge in [-0.25, -0.2) is 4.90 Å². The highest BCUT2D eigenvalue weighted by molar-refractivity contribution is 6.53. The minimum absolute atomic E-state index is 0.0432. The Labute approximate surface area is 266 Å². The van der Waals surface area contributed by atoms with Crippen LogP contribution in [0.4, 0.5) is 32.0 Å². The molecule has 0 bridgehead atoms. The normalized spacial score (nSPS) is 31.1. The van der Waals surface area contributed by atoms with E-state index in [4.69, 9.17) is 27.9 Å². The Hall–Kier alpha value is -3.78. The van der Waals surface area contributed by atoms with Crippen molar-refractivity contribution < 1.29 is 55.4 Å². The van der Waals surface area contributed by atoms with Gasteiger partial charge in [-0.05, 0) is 49.1 Å². The van der Waals surface area contributed by atoms with E-state index in [0.717, 1.165) is 7.05 Å². The van der Waals surface area contributed by atoms with Crippen LogP contribution in [-0.4, -0.2) is 57.5 Å². The van der Waals surface area contributed by atoms with E-state index in [1.165, 1.54) is 31.4 Å². The summed E-state index contributed by atoms with van der Waals surface area (Å²) in [5.74, 6) is -9.61. The highest BCUT2D eigenvalue weighted by Gasteiger charge is 2.76. The first-order valence-corrected chi connectivity index (χ1v) is 14.5. The number of fused-ring (bicyclic) bond motifs is 4. The quantitative estimate of drug-likeness (QED) is 0.194. The van der Waals surface area contributed by atoms with Gasteiger partial charge in [0.05, 0.1) is 35.8 Å². The molecule has 6 unspecified atom stereocenters. The Morgan fingerprint density at radius 2 is 1.52 bits per heavy atom. The maximum absolute atomic E-state index is 14.1. The van der Waals surface area contributed by atoms with E-state index in [1.807, 2.05) is 0 Å². The minimum atomic E-state index is -5.24. The molecule has 0 radical (unpaired) electrons. The fourth-order valence-electron chi connectivity index (χ4n) is 7.38. The van der Waals surface area contributed by atoms with E-state index in [-0.39, 0.29) is 41.5 Å². The molecule has 2 saturated heterocycles. The van der Waals surface area contributed by atoms with Crippen molar-refractivity contribution in [1.29, 1.82) is 0 Å². The van der Waals surface area contributed by atoms with Crippen LogP contribution in [0.3, 0.4) is 0 Å². The Morgan fingerprint density at radius 1 is 0.913 bits per heavy atom. The molecule has 2 aromatic carbocycles. The second-order valence-electron chi connectivity index (χ2n) is 11.7. The van der Waals surface area contributed by atoms with Gasteiger partial charge in [-0.15, -0.1) is 23.2 Å². The predicted molar refractivity (Wildman–Crippen MR) is 149 cm³/mol. The number of anilines is 1. The number of nitrogens with zero attached hydrogens (tertiary/aromatic N) is 2. The van der Waals surface area contributed by atoms with Gasteiger partial charge in [0.25, 0.3) is 11.8 Å². The van der Waals surface area contributed by atoms with Gasteiger partial charge < -0.3 is 9.84 Å². The molecule has 2 aromatic rings. The molecule has 1 saturated carbocycles. The van der Waals surface area contributed by atoms with Crippen LogP contribution in [0, 0.1) is 17.8 Å². The van der Waals surface area contributed by atoms with Gasteiger partial charge in [0.2, 0.25) is 11.8 Å². The number of halogens is 8. The molecule has 6 atom stereocenters. The lowest BCUT2D eigenvalue weighted by molar-refractivity contribution is -0.143. The van der Waals surface area contributed by atoms with Crippen molar-refractivity contribution in [3.05, 3.63) is 64.7 Å². The molecular weight excluding hydrogens is 669 g/mol. The Morgan fingerprint density at radius 3 is 2.09 bits per heavy atom. The van der Waals surface area contributed by atoms with Crippen LogP contribution >= 0.6 is 23.2 Å². The second kappa shape index (κ2) is 10.1. The summed E-state index contributed by atoms with van der Waals surface area (Å²) in [5, 5.41) is 11.0. The number of imide groups is 2. The topological polar surface area (TPSA) is 104 Å². The van der Waals surface area contributed by atoms with Crippen molar-refractivity contribution in [3.63, 3.8) is 0 Å². The number of rotatable bonds is 3. The van der Waals surface area contributed by atoms with Crippen LogP contribution in [0.2, 0.25) is 0 Å². The first kappa shape index (κ1) is 32.2. The largest absolute Gasteiger partial charge is 0.508 e. The van der Waals surface area contributed by atoms with Crippen molar-refractivity contribution in [2.45, 2.75) is 40.9 Å². The number of benzene rings is 2. The number of carbonyl (C=O) groups excluding carboxylic acids is 4. The number of amides is 4. The lowest BCUT2D eigenvalue weighted by Gasteiger charge is -2.51. The van der Waals surface area contributed by atoms with E-state index in [2.05, 4.69) is 0 Å². The number of phenolic OH excluding ortho intramolecular Hbond substituents is 1. The molecular formula is C30H22Cl2F6N2O6. The SMILES string of the molecule is COc1cccc(O)c1C1C2=CCC3C(=O)N(c4cc(C(F)(F)F)cc(C(F)(F)F)c4)C(=O)C3C2CC2(Cl)C(=O)N(C)C(=O)C12Cl. The molecule has 1 N–H and O–H groups in total. The molecule has 4 aliphatic rings. The van der Waals surface area contributed by atoms with Crippen molar-refractivity contribution in [2.24, 2.45) is 17.8 Å². The number of methoxy groups -OCH3 is 1. The van der Waals surface area contributed by atoms with Gasteiger partial charge in [0, 0.05) is 18.5 Å². The van der Waals surface area contributed by atoms with Crippen molar-refractivity contribution in [2.75, 3.05) is 19.1 Å². The first-order valence-electron chi connectivity index (χ1n) is 13.7. The lowest BCUT2D eigenvalue weighted by atomic mass is 9.56. The molecule has 0 aromatic heterocycles. The second-order valence-corrected chi connectivity index (χ2v) is 12.9. The van der Waals surface area contributed by atoms with Gasteiger partial charge in [-0.3, -0.25) is 24.1 Å². The Kier molecular flexibility index (Phi) is 7.07. The van der Waals surface area contributed by atoms with E-state index in [0.29, 0.717) is 9.80 Å². The molecule has 46 heavy (non-hydrogen) atoms. The maximum atomic E-state index is 14.1. The third kappa shape index (κ3) is 4.21. The number of aromatic hydroxyl groups is 1. The van der Waals surface area contributed by atoms with Gasteiger partial charge in [0.1, 0.15) is 11.5 Å². The summed E-state index contributed by atoms with van der Waals surface area (Å²) in [6.45, 7) is 0. The fourth-order valence-corrected chi connectivity index (χ4v) is 8.39. The lowest BCUT2D eigenvalue weighted by Crippen LogP contribution is -2.60. The van der Waals surface area contributed by atoms with E-state index < -0.39 is 98.4 Å². The van der Waals surface area contributed by atoms with E-state index in [1.54, 1.807) is 0 Å². The number of hydrogen-bond donors (Lipinski definition) is 1. The molecule has 0 spiro atoms. The number of hydrogen-bond acceptors (Lipinski definition) is 6. The van der Waals surface area contributed by atoms with Crippen LogP contribution in [0.1, 0.15) is 35.4 Å². The van der Waals surface area contributed by atoms with Crippen LogP contribution in [0.15, 0.2) is 48.0 Å². The minimum Gasteiger partial charge on any atom is -0.508 e. The average molecular weight is 691 g/mol. The van der Waals surface area contributed by atoms with Crippen molar-refractivity contribution in [1.82, 2.24) is 4.90 Å². The summed E-state index contributed by atoms with van der Waals surface area (Å²) in [4.78, 5) is 51.4. The maximum Gasteiger partial charge on any atom is 0.416 e. The smallest absolute Gasteiger partial charge is 0.416 e. The van der Waals surface area contributed by atoms with Gasteiger partial charge in [0.15, 0.2) is 9.75 Å². The van der Waals surface area contributed by atoms with Crippen molar-refractivity contribution in [3.8, 4) is 11.5 Å². The van der Waals surface area contributed by atoms with E-state index in [9.17, 15) is 50.6 Å². The molecule has 4 amide bonds. The Bertz CT molecular complexity index is 1730. The molecule has 2 aliphatic carbocycles. The zero-order chi connectivity index (χ0) is 33.9. The molecule has 2 heterocycles. The summed E-state index contributed by atoms with van der Waals surface area (Å²) in [5.41, 5.74) is -4.19. The predicted octanol–water partition coefficient (Wildman–Crippen LogP) is 5.63. The summed E-state index contributed by atoms with van der Waals surface area (Å²) >= 11 is 14.1. The summed E-state index contributed by atoms with van der Waals surface area (Å²) < 4.78 is 87.3. The summed E-state index contributed by atoms with van der Waals surface area (Å²) in [6.07, 6.45) is -9.72. The number of carbonyl (C=O) groups is 4. The number of alkyl halides is 8. The molecule has 3 fully saturated rings. The van der Waals surface area contributed by atoms with Crippen LogP contribution in [-0.2, 0) is 31.5 Å². The van der Waals surface area contributed by atoms with E-state index >= 15 is 0 Å². The molecule has 6 rings (SSSR count). The van der Waals surface area contributed by atoms with Gasteiger partial charge >= 0.3 is 12.4 Å². The molecule has 16 heteroatoms. The molecule has 244 valence electrons. The highest BCUT2D eigenvalue weighted by Crippen LogP contribution is 2.67. The first-order chi connectivity index (χ1) is 21.3. The average Bonchev–Trinajstić information content (AvgIpc) is 3.31. The number of likely N-dealkylation sites (tertiary alicyclic amines) is 1.